The number of nitrogens with zero attached hydrogens (tertiary/aromatic N) is 1. The first-order valence-electron chi connectivity index (χ1n) is 4.86. The topological polar surface area (TPSA) is 47.6 Å². The van der Waals surface area contributed by atoms with E-state index in [0.717, 1.165) is 17.9 Å². The lowest BCUT2D eigenvalue weighted by molar-refractivity contribution is 0.313. The molecule has 1 aromatic carbocycles. The first-order valence-corrected chi connectivity index (χ1v) is 4.86. The highest BCUT2D eigenvalue weighted by atomic mass is 16.5. The average molecular weight is 190 g/mol. The van der Waals surface area contributed by atoms with Gasteiger partial charge in [0.1, 0.15) is 6.61 Å². The summed E-state index contributed by atoms with van der Waals surface area (Å²) in [7, 11) is 0. The zero-order valence-corrected chi connectivity index (χ0v) is 8.02. The van der Waals surface area contributed by atoms with Crippen LogP contribution in [0.15, 0.2) is 35.3 Å². The lowest BCUT2D eigenvalue weighted by Gasteiger charge is -2.00. The molecule has 2 rings (SSSR count). The smallest absolute Gasteiger partial charge is 0.216 e. The van der Waals surface area contributed by atoms with Gasteiger partial charge in [0.05, 0.1) is 6.04 Å². The molecular weight excluding hydrogens is 176 g/mol. The van der Waals surface area contributed by atoms with Crippen molar-refractivity contribution >= 4 is 5.90 Å². The molecule has 1 heterocycles. The normalized spacial score (nSPS) is 20.4. The van der Waals surface area contributed by atoms with Crippen LogP contribution in [0.4, 0.5) is 0 Å². The van der Waals surface area contributed by atoms with E-state index >= 15 is 0 Å². The zero-order valence-electron chi connectivity index (χ0n) is 8.02. The van der Waals surface area contributed by atoms with E-state index in [-0.39, 0.29) is 6.04 Å². The van der Waals surface area contributed by atoms with Crippen molar-refractivity contribution in [2.24, 2.45) is 10.7 Å². The van der Waals surface area contributed by atoms with Crippen LogP contribution in [0.3, 0.4) is 0 Å². The van der Waals surface area contributed by atoms with E-state index < -0.39 is 0 Å². The van der Waals surface area contributed by atoms with Gasteiger partial charge in [0.2, 0.25) is 5.90 Å². The molecule has 0 aliphatic carbocycles. The van der Waals surface area contributed by atoms with Crippen molar-refractivity contribution in [3.05, 3.63) is 35.9 Å². The Labute approximate surface area is 83.6 Å². The highest BCUT2D eigenvalue weighted by molar-refractivity contribution is 5.95. The lowest BCUT2D eigenvalue weighted by atomic mass is 10.2. The molecule has 1 aromatic rings. The molecule has 0 saturated carbocycles. The van der Waals surface area contributed by atoms with Crippen molar-refractivity contribution < 1.29 is 4.74 Å². The van der Waals surface area contributed by atoms with Crippen LogP contribution >= 0.6 is 0 Å². The second-order valence-electron chi connectivity index (χ2n) is 3.34. The van der Waals surface area contributed by atoms with Gasteiger partial charge in [-0.3, -0.25) is 0 Å². The Hall–Kier alpha value is -1.35. The monoisotopic (exact) mass is 190 g/mol. The number of hydrogen-bond acceptors (Lipinski definition) is 3. The van der Waals surface area contributed by atoms with Gasteiger partial charge in [0, 0.05) is 5.56 Å². The number of aliphatic imine (C=N–C) groups is 1. The minimum Gasteiger partial charge on any atom is -0.475 e. The van der Waals surface area contributed by atoms with Crippen molar-refractivity contribution in [3.63, 3.8) is 0 Å². The van der Waals surface area contributed by atoms with E-state index in [1.54, 1.807) is 0 Å². The molecule has 0 spiro atoms. The molecule has 0 saturated heterocycles. The minimum atomic E-state index is 0.246. The molecule has 1 aliphatic rings. The van der Waals surface area contributed by atoms with E-state index in [4.69, 9.17) is 10.5 Å². The Kier molecular flexibility index (Phi) is 2.79. The number of nitrogens with two attached hydrogens (primary N) is 1. The van der Waals surface area contributed by atoms with Gasteiger partial charge in [-0.1, -0.05) is 18.2 Å². The molecule has 0 amide bonds. The fraction of sp³-hybridized carbons (Fsp3) is 0.364. The molecule has 74 valence electrons. The lowest BCUT2D eigenvalue weighted by Crippen LogP contribution is -2.12. The Morgan fingerprint density at radius 3 is 2.86 bits per heavy atom. The van der Waals surface area contributed by atoms with Crippen molar-refractivity contribution in [1.29, 1.82) is 0 Å². The number of rotatable bonds is 3. The fourth-order valence-corrected chi connectivity index (χ4v) is 1.49. The van der Waals surface area contributed by atoms with E-state index in [1.807, 2.05) is 30.3 Å². The maximum absolute atomic E-state index is 5.50. The molecule has 1 aliphatic heterocycles. The second kappa shape index (κ2) is 4.24. The van der Waals surface area contributed by atoms with Crippen LogP contribution in [-0.2, 0) is 4.74 Å². The summed E-state index contributed by atoms with van der Waals surface area (Å²) in [6.45, 7) is 1.33. The van der Waals surface area contributed by atoms with Gasteiger partial charge >= 0.3 is 0 Å². The predicted octanol–water partition coefficient (Wildman–Crippen LogP) is 1.18. The van der Waals surface area contributed by atoms with Gasteiger partial charge < -0.3 is 10.5 Å². The Bertz CT molecular complexity index is 321. The van der Waals surface area contributed by atoms with Crippen molar-refractivity contribution in [2.75, 3.05) is 13.2 Å². The van der Waals surface area contributed by atoms with Gasteiger partial charge in [0.25, 0.3) is 0 Å². The highest BCUT2D eigenvalue weighted by Gasteiger charge is 2.18. The number of hydrogen-bond donors (Lipinski definition) is 1. The third kappa shape index (κ3) is 1.93. The summed E-state index contributed by atoms with van der Waals surface area (Å²) >= 11 is 0. The van der Waals surface area contributed by atoms with Crippen LogP contribution in [0, 0.1) is 0 Å². The van der Waals surface area contributed by atoms with Crippen molar-refractivity contribution in [2.45, 2.75) is 12.5 Å². The van der Waals surface area contributed by atoms with Gasteiger partial charge in [0.15, 0.2) is 0 Å². The molecule has 14 heavy (non-hydrogen) atoms. The molecule has 3 heteroatoms. The predicted molar refractivity (Wildman–Crippen MR) is 56.4 cm³/mol. The van der Waals surface area contributed by atoms with Crippen LogP contribution in [0.25, 0.3) is 0 Å². The molecule has 0 bridgehead atoms. The van der Waals surface area contributed by atoms with Crippen molar-refractivity contribution in [3.8, 4) is 0 Å². The third-order valence-corrected chi connectivity index (χ3v) is 2.23. The first-order chi connectivity index (χ1) is 6.90. The summed E-state index contributed by atoms with van der Waals surface area (Å²) in [5.74, 6) is 0.754. The van der Waals surface area contributed by atoms with Gasteiger partial charge in [-0.25, -0.2) is 4.99 Å². The SMILES string of the molecule is NCCC1COC(c2ccccc2)=N1. The fourth-order valence-electron chi connectivity index (χ4n) is 1.49. The molecule has 0 aromatic heterocycles. The highest BCUT2D eigenvalue weighted by Crippen LogP contribution is 2.13. The summed E-state index contributed by atoms with van der Waals surface area (Å²) in [5, 5.41) is 0. The summed E-state index contributed by atoms with van der Waals surface area (Å²) < 4.78 is 5.50. The van der Waals surface area contributed by atoms with Gasteiger partial charge in [-0.15, -0.1) is 0 Å². The van der Waals surface area contributed by atoms with Crippen LogP contribution in [0.1, 0.15) is 12.0 Å². The summed E-state index contributed by atoms with van der Waals surface area (Å²) in [5.41, 5.74) is 6.52. The molecule has 1 atom stereocenters. The van der Waals surface area contributed by atoms with Gasteiger partial charge in [-0.2, -0.15) is 0 Å². The Morgan fingerprint density at radius 2 is 2.14 bits per heavy atom. The summed E-state index contributed by atoms with van der Waals surface area (Å²) in [4.78, 5) is 4.46. The Balaban J connectivity index is 2.10. The minimum absolute atomic E-state index is 0.246. The molecule has 0 radical (unpaired) electrons. The zero-order chi connectivity index (χ0) is 9.80. The molecule has 1 unspecified atom stereocenters. The largest absolute Gasteiger partial charge is 0.475 e. The maximum Gasteiger partial charge on any atom is 0.216 e. The average Bonchev–Trinajstić information content (AvgIpc) is 2.68. The summed E-state index contributed by atoms with van der Waals surface area (Å²) in [6, 6.07) is 10.2. The van der Waals surface area contributed by atoms with E-state index in [9.17, 15) is 0 Å². The van der Waals surface area contributed by atoms with Crippen LogP contribution in [0.2, 0.25) is 0 Å². The molecule has 3 nitrogen and oxygen atoms in total. The van der Waals surface area contributed by atoms with Crippen LogP contribution in [0.5, 0.6) is 0 Å². The quantitative estimate of drug-likeness (QED) is 0.778. The van der Waals surface area contributed by atoms with Gasteiger partial charge in [-0.05, 0) is 25.1 Å². The number of ether oxygens (including phenoxy) is 1. The first kappa shape index (κ1) is 9.21. The standard InChI is InChI=1S/C11H14N2O/c12-7-6-10-8-14-11(13-10)9-4-2-1-3-5-9/h1-5,10H,6-8,12H2. The van der Waals surface area contributed by atoms with Crippen LogP contribution < -0.4 is 5.73 Å². The molecule has 2 N–H and O–H groups in total. The van der Waals surface area contributed by atoms with E-state index in [1.165, 1.54) is 0 Å². The summed E-state index contributed by atoms with van der Waals surface area (Å²) in [6.07, 6.45) is 0.899. The maximum atomic E-state index is 5.50. The van der Waals surface area contributed by atoms with Crippen LogP contribution in [-0.4, -0.2) is 25.1 Å². The second-order valence-corrected chi connectivity index (χ2v) is 3.34. The van der Waals surface area contributed by atoms with E-state index in [0.29, 0.717) is 13.2 Å². The van der Waals surface area contributed by atoms with E-state index in [2.05, 4.69) is 4.99 Å². The number of benzene rings is 1. The molecular formula is C11H14N2O. The Morgan fingerprint density at radius 1 is 1.36 bits per heavy atom. The third-order valence-electron chi connectivity index (χ3n) is 2.23. The molecule has 0 fully saturated rings. The van der Waals surface area contributed by atoms with Crippen molar-refractivity contribution in [1.82, 2.24) is 0 Å².